The van der Waals surface area contributed by atoms with Crippen molar-refractivity contribution < 1.29 is 9.59 Å². The highest BCUT2D eigenvalue weighted by atomic mass is 16.2. The predicted molar refractivity (Wildman–Crippen MR) is 83.8 cm³/mol. The number of hydrogen-bond donors (Lipinski definition) is 1. The molecule has 2 rings (SSSR count). The van der Waals surface area contributed by atoms with Crippen LogP contribution in [-0.4, -0.2) is 34.3 Å². The molecule has 1 aliphatic carbocycles. The Hall–Kier alpha value is -1.06. The molecule has 0 aromatic carbocycles. The van der Waals surface area contributed by atoms with Gasteiger partial charge in [0.05, 0.1) is 0 Å². The minimum atomic E-state index is -0.733. The molecule has 21 heavy (non-hydrogen) atoms. The monoisotopic (exact) mass is 294 g/mol. The average molecular weight is 294 g/mol. The minimum absolute atomic E-state index is 0.0365. The number of hydrogen-bond acceptors (Lipinski definition) is 2. The second-order valence-electron chi connectivity index (χ2n) is 6.94. The topological polar surface area (TPSA) is 49.4 Å². The van der Waals surface area contributed by atoms with Crippen molar-refractivity contribution in [1.82, 2.24) is 10.2 Å². The molecule has 0 spiro atoms. The van der Waals surface area contributed by atoms with Crippen LogP contribution in [0.1, 0.15) is 72.6 Å². The summed E-state index contributed by atoms with van der Waals surface area (Å²) in [6, 6.07) is 0. The zero-order valence-electron chi connectivity index (χ0n) is 14.0. The summed E-state index contributed by atoms with van der Waals surface area (Å²) in [6.07, 6.45) is 6.92. The van der Waals surface area contributed by atoms with Crippen LogP contribution < -0.4 is 5.32 Å². The van der Waals surface area contributed by atoms with Gasteiger partial charge in [-0.1, -0.05) is 33.6 Å². The SMILES string of the molecule is CCC1(C)NC(=O)C(CC)(CC)N(CC2CCCC2)C1=O. The predicted octanol–water partition coefficient (Wildman–Crippen LogP) is 2.86. The van der Waals surface area contributed by atoms with Gasteiger partial charge in [-0.15, -0.1) is 0 Å². The molecule has 2 fully saturated rings. The number of carbonyl (C=O) groups excluding carboxylic acids is 2. The van der Waals surface area contributed by atoms with Crippen molar-refractivity contribution in [3.05, 3.63) is 0 Å². The van der Waals surface area contributed by atoms with Crippen LogP contribution in [0.2, 0.25) is 0 Å². The molecule has 4 nitrogen and oxygen atoms in total. The summed E-state index contributed by atoms with van der Waals surface area (Å²) in [6.45, 7) is 8.63. The van der Waals surface area contributed by atoms with E-state index < -0.39 is 11.1 Å². The van der Waals surface area contributed by atoms with Gasteiger partial charge >= 0.3 is 0 Å². The maximum Gasteiger partial charge on any atom is 0.248 e. The summed E-state index contributed by atoms with van der Waals surface area (Å²) in [5.74, 6) is 0.716. The fourth-order valence-corrected chi connectivity index (χ4v) is 3.94. The van der Waals surface area contributed by atoms with Crippen LogP contribution >= 0.6 is 0 Å². The quantitative estimate of drug-likeness (QED) is 0.847. The largest absolute Gasteiger partial charge is 0.340 e. The number of amides is 2. The molecule has 1 heterocycles. The second kappa shape index (κ2) is 5.98. The number of piperazine rings is 1. The number of carbonyl (C=O) groups is 2. The molecule has 1 saturated heterocycles. The fraction of sp³-hybridized carbons (Fsp3) is 0.882. The molecule has 1 saturated carbocycles. The van der Waals surface area contributed by atoms with E-state index in [1.807, 2.05) is 32.6 Å². The van der Waals surface area contributed by atoms with Crippen LogP contribution in [0.25, 0.3) is 0 Å². The van der Waals surface area contributed by atoms with Crippen molar-refractivity contribution >= 4 is 11.8 Å². The van der Waals surface area contributed by atoms with Gasteiger partial charge in [0.25, 0.3) is 0 Å². The molecule has 2 aliphatic rings. The average Bonchev–Trinajstić information content (AvgIpc) is 2.99. The highest BCUT2D eigenvalue weighted by molar-refractivity contribution is 6.02. The van der Waals surface area contributed by atoms with Crippen molar-refractivity contribution in [3.63, 3.8) is 0 Å². The lowest BCUT2D eigenvalue weighted by Crippen LogP contribution is -2.75. The summed E-state index contributed by atoms with van der Waals surface area (Å²) < 4.78 is 0. The van der Waals surface area contributed by atoms with Gasteiger partial charge < -0.3 is 10.2 Å². The van der Waals surface area contributed by atoms with Crippen LogP contribution in [0.15, 0.2) is 0 Å². The minimum Gasteiger partial charge on any atom is -0.340 e. The molecular weight excluding hydrogens is 264 g/mol. The van der Waals surface area contributed by atoms with E-state index in [0.29, 0.717) is 25.2 Å². The third-order valence-corrected chi connectivity index (χ3v) is 5.84. The van der Waals surface area contributed by atoms with E-state index in [4.69, 9.17) is 0 Å². The first-order chi connectivity index (χ1) is 9.93. The van der Waals surface area contributed by atoms with E-state index in [0.717, 1.165) is 6.54 Å². The lowest BCUT2D eigenvalue weighted by Gasteiger charge is -2.52. The van der Waals surface area contributed by atoms with Gasteiger partial charge in [-0.3, -0.25) is 9.59 Å². The number of nitrogens with zero attached hydrogens (tertiary/aromatic N) is 1. The van der Waals surface area contributed by atoms with E-state index in [2.05, 4.69) is 5.32 Å². The van der Waals surface area contributed by atoms with Crippen LogP contribution in [0.5, 0.6) is 0 Å². The summed E-state index contributed by atoms with van der Waals surface area (Å²) in [7, 11) is 0. The van der Waals surface area contributed by atoms with Crippen molar-refractivity contribution in [2.45, 2.75) is 83.7 Å². The fourth-order valence-electron chi connectivity index (χ4n) is 3.94. The Kier molecular flexibility index (Phi) is 4.64. The summed E-state index contributed by atoms with van der Waals surface area (Å²) in [4.78, 5) is 27.8. The third-order valence-electron chi connectivity index (χ3n) is 5.84. The summed E-state index contributed by atoms with van der Waals surface area (Å²) >= 11 is 0. The van der Waals surface area contributed by atoms with Crippen molar-refractivity contribution in [3.8, 4) is 0 Å². The molecule has 1 N–H and O–H groups in total. The summed E-state index contributed by atoms with van der Waals surface area (Å²) in [5, 5.41) is 3.01. The number of rotatable bonds is 5. The Morgan fingerprint density at radius 1 is 1.10 bits per heavy atom. The first-order valence-corrected chi connectivity index (χ1v) is 8.58. The maximum absolute atomic E-state index is 13.1. The van der Waals surface area contributed by atoms with Gasteiger partial charge in [-0.05, 0) is 44.9 Å². The maximum atomic E-state index is 13.1. The van der Waals surface area contributed by atoms with Crippen LogP contribution in [0, 0.1) is 5.92 Å². The van der Waals surface area contributed by atoms with E-state index >= 15 is 0 Å². The second-order valence-corrected chi connectivity index (χ2v) is 6.94. The van der Waals surface area contributed by atoms with E-state index in [1.54, 1.807) is 0 Å². The molecule has 0 aromatic heterocycles. The van der Waals surface area contributed by atoms with Crippen molar-refractivity contribution in [2.75, 3.05) is 6.54 Å². The Morgan fingerprint density at radius 2 is 1.67 bits per heavy atom. The first kappa shape index (κ1) is 16.3. The Balaban J connectivity index is 2.34. The van der Waals surface area contributed by atoms with E-state index in [1.165, 1.54) is 25.7 Å². The smallest absolute Gasteiger partial charge is 0.248 e. The molecule has 4 heteroatoms. The van der Waals surface area contributed by atoms with Crippen LogP contribution in [0.3, 0.4) is 0 Å². The van der Waals surface area contributed by atoms with Crippen molar-refractivity contribution in [1.29, 1.82) is 0 Å². The zero-order chi connectivity index (χ0) is 15.7. The van der Waals surface area contributed by atoms with Gasteiger partial charge in [0, 0.05) is 6.54 Å². The lowest BCUT2D eigenvalue weighted by atomic mass is 9.80. The van der Waals surface area contributed by atoms with E-state index in [-0.39, 0.29) is 11.8 Å². The summed E-state index contributed by atoms with van der Waals surface area (Å²) in [5.41, 5.74) is -1.38. The Morgan fingerprint density at radius 3 is 2.14 bits per heavy atom. The molecule has 2 amide bonds. The van der Waals surface area contributed by atoms with Crippen LogP contribution in [-0.2, 0) is 9.59 Å². The molecule has 1 aliphatic heterocycles. The molecule has 1 unspecified atom stereocenters. The Bertz CT molecular complexity index is 411. The first-order valence-electron chi connectivity index (χ1n) is 8.58. The van der Waals surface area contributed by atoms with Gasteiger partial charge in [0.2, 0.25) is 11.8 Å². The van der Waals surface area contributed by atoms with E-state index in [9.17, 15) is 9.59 Å². The molecule has 0 bridgehead atoms. The standard InChI is InChI=1S/C17H30N2O2/c1-5-16(4)15(21)19(12-13-10-8-9-11-13)17(6-2,7-3)14(20)18-16/h13H,5-12H2,1-4H3,(H,18,20). The molecule has 0 aromatic rings. The van der Waals surface area contributed by atoms with Crippen LogP contribution in [0.4, 0.5) is 0 Å². The molecule has 0 radical (unpaired) electrons. The van der Waals surface area contributed by atoms with Gasteiger partial charge in [-0.25, -0.2) is 0 Å². The Labute approximate surface area is 128 Å². The zero-order valence-corrected chi connectivity index (χ0v) is 14.0. The highest BCUT2D eigenvalue weighted by Gasteiger charge is 2.54. The van der Waals surface area contributed by atoms with Gasteiger partial charge in [0.1, 0.15) is 11.1 Å². The normalized spacial score (nSPS) is 29.8. The molecule has 120 valence electrons. The number of nitrogens with one attached hydrogen (secondary N) is 1. The third kappa shape index (κ3) is 2.58. The van der Waals surface area contributed by atoms with Crippen molar-refractivity contribution in [2.24, 2.45) is 5.92 Å². The van der Waals surface area contributed by atoms with Gasteiger partial charge in [0.15, 0.2) is 0 Å². The lowest BCUT2D eigenvalue weighted by molar-refractivity contribution is -0.164. The molecule has 1 atom stereocenters. The molecular formula is C17H30N2O2. The van der Waals surface area contributed by atoms with Gasteiger partial charge in [-0.2, -0.15) is 0 Å². The highest BCUT2D eigenvalue weighted by Crippen LogP contribution is 2.36.